The van der Waals surface area contributed by atoms with Gasteiger partial charge in [-0.2, -0.15) is 0 Å². The Balaban J connectivity index is 2.49. The van der Waals surface area contributed by atoms with Gasteiger partial charge in [0.15, 0.2) is 0 Å². The van der Waals surface area contributed by atoms with E-state index in [0.717, 1.165) is 25.7 Å². The summed E-state index contributed by atoms with van der Waals surface area (Å²) in [6.07, 6.45) is 7.07. The Hall–Kier alpha value is -0.370. The Morgan fingerprint density at radius 1 is 1.36 bits per heavy atom. The standard InChI is InChI=1S/C9H17NO/c1-10-7-9(8-11)5-3-2-4-6-9/h8,10H,2-7H2,1H3. The van der Waals surface area contributed by atoms with Crippen LogP contribution in [0.3, 0.4) is 0 Å². The summed E-state index contributed by atoms with van der Waals surface area (Å²) >= 11 is 0. The summed E-state index contributed by atoms with van der Waals surface area (Å²) in [5.74, 6) is 0. The highest BCUT2D eigenvalue weighted by Gasteiger charge is 2.30. The minimum absolute atomic E-state index is 0.0208. The second-order valence-corrected chi connectivity index (χ2v) is 3.57. The van der Waals surface area contributed by atoms with Gasteiger partial charge in [-0.25, -0.2) is 0 Å². The Kier molecular flexibility index (Phi) is 3.06. The largest absolute Gasteiger partial charge is 0.319 e. The van der Waals surface area contributed by atoms with E-state index in [2.05, 4.69) is 5.32 Å². The molecule has 0 atom stereocenters. The molecule has 0 aromatic carbocycles. The van der Waals surface area contributed by atoms with Crippen LogP contribution in [0.25, 0.3) is 0 Å². The third-order valence-electron chi connectivity index (χ3n) is 2.63. The average molecular weight is 155 g/mol. The quantitative estimate of drug-likeness (QED) is 0.623. The fraction of sp³-hybridized carbons (Fsp3) is 0.889. The molecule has 0 unspecified atom stereocenters. The third-order valence-corrected chi connectivity index (χ3v) is 2.63. The van der Waals surface area contributed by atoms with Gasteiger partial charge >= 0.3 is 0 Å². The van der Waals surface area contributed by atoms with Crippen LogP contribution in [0.15, 0.2) is 0 Å². The van der Waals surface area contributed by atoms with Gasteiger partial charge in [-0.05, 0) is 19.9 Å². The van der Waals surface area contributed by atoms with E-state index in [4.69, 9.17) is 0 Å². The molecule has 2 nitrogen and oxygen atoms in total. The van der Waals surface area contributed by atoms with Gasteiger partial charge in [-0.1, -0.05) is 19.3 Å². The van der Waals surface area contributed by atoms with Crippen molar-refractivity contribution in [2.24, 2.45) is 5.41 Å². The van der Waals surface area contributed by atoms with E-state index >= 15 is 0 Å². The summed E-state index contributed by atoms with van der Waals surface area (Å²) in [7, 11) is 1.92. The molecule has 1 rings (SSSR count). The molecule has 1 N–H and O–H groups in total. The first-order valence-corrected chi connectivity index (χ1v) is 4.44. The van der Waals surface area contributed by atoms with Crippen molar-refractivity contribution in [2.75, 3.05) is 13.6 Å². The molecule has 11 heavy (non-hydrogen) atoms. The lowest BCUT2D eigenvalue weighted by Gasteiger charge is -2.31. The zero-order chi connectivity index (χ0) is 8.16. The lowest BCUT2D eigenvalue weighted by Crippen LogP contribution is -2.35. The fourth-order valence-electron chi connectivity index (χ4n) is 1.94. The van der Waals surface area contributed by atoms with E-state index < -0.39 is 0 Å². The van der Waals surface area contributed by atoms with Crippen LogP contribution in [0, 0.1) is 5.41 Å². The molecule has 0 saturated heterocycles. The number of carbonyl (C=O) groups excluding carboxylic acids is 1. The van der Waals surface area contributed by atoms with E-state index in [0.29, 0.717) is 0 Å². The summed E-state index contributed by atoms with van der Waals surface area (Å²) in [6, 6.07) is 0. The molecule has 0 bridgehead atoms. The van der Waals surface area contributed by atoms with Gasteiger partial charge in [0.25, 0.3) is 0 Å². The van der Waals surface area contributed by atoms with Crippen molar-refractivity contribution in [3.8, 4) is 0 Å². The van der Waals surface area contributed by atoms with Crippen LogP contribution < -0.4 is 5.32 Å². The molecule has 2 heteroatoms. The molecular formula is C9H17NO. The minimum atomic E-state index is -0.0208. The maximum Gasteiger partial charge on any atom is 0.127 e. The molecule has 0 aromatic heterocycles. The number of aldehydes is 1. The highest BCUT2D eigenvalue weighted by Crippen LogP contribution is 2.33. The molecule has 0 spiro atoms. The normalized spacial score (nSPS) is 23.0. The molecule has 0 aromatic rings. The van der Waals surface area contributed by atoms with Gasteiger partial charge in [0.1, 0.15) is 6.29 Å². The van der Waals surface area contributed by atoms with Gasteiger partial charge < -0.3 is 10.1 Å². The van der Waals surface area contributed by atoms with Crippen molar-refractivity contribution in [1.82, 2.24) is 5.32 Å². The van der Waals surface area contributed by atoms with Crippen molar-refractivity contribution in [3.63, 3.8) is 0 Å². The predicted molar refractivity (Wildman–Crippen MR) is 45.5 cm³/mol. The summed E-state index contributed by atoms with van der Waals surface area (Å²) in [4.78, 5) is 10.8. The molecule has 64 valence electrons. The molecule has 1 aliphatic rings. The lowest BCUT2D eigenvalue weighted by atomic mass is 9.75. The van der Waals surface area contributed by atoms with E-state index in [1.807, 2.05) is 7.05 Å². The smallest absolute Gasteiger partial charge is 0.127 e. The van der Waals surface area contributed by atoms with Crippen LogP contribution in [0.5, 0.6) is 0 Å². The molecular weight excluding hydrogens is 138 g/mol. The SMILES string of the molecule is CNCC1(C=O)CCCCC1. The first-order chi connectivity index (χ1) is 5.33. The number of hydrogen-bond acceptors (Lipinski definition) is 2. The van der Waals surface area contributed by atoms with E-state index in [9.17, 15) is 4.79 Å². The minimum Gasteiger partial charge on any atom is -0.319 e. The monoisotopic (exact) mass is 155 g/mol. The molecule has 0 aliphatic heterocycles. The van der Waals surface area contributed by atoms with Crippen molar-refractivity contribution >= 4 is 6.29 Å². The summed E-state index contributed by atoms with van der Waals surface area (Å²) in [5, 5.41) is 3.10. The van der Waals surface area contributed by atoms with Crippen LogP contribution in [-0.4, -0.2) is 19.9 Å². The molecule has 1 fully saturated rings. The summed E-state index contributed by atoms with van der Waals surface area (Å²) in [5.41, 5.74) is -0.0208. The molecule has 0 amide bonds. The Labute approximate surface area is 68.4 Å². The van der Waals surface area contributed by atoms with Crippen molar-refractivity contribution in [3.05, 3.63) is 0 Å². The Bertz CT molecular complexity index is 122. The van der Waals surface area contributed by atoms with E-state index in [-0.39, 0.29) is 5.41 Å². The topological polar surface area (TPSA) is 29.1 Å². The van der Waals surface area contributed by atoms with Gasteiger partial charge in [0.2, 0.25) is 0 Å². The van der Waals surface area contributed by atoms with E-state index in [1.54, 1.807) is 0 Å². The number of nitrogens with one attached hydrogen (secondary N) is 1. The van der Waals surface area contributed by atoms with Crippen molar-refractivity contribution in [2.45, 2.75) is 32.1 Å². The zero-order valence-corrected chi connectivity index (χ0v) is 7.23. The predicted octanol–water partition coefficient (Wildman–Crippen LogP) is 1.36. The lowest BCUT2D eigenvalue weighted by molar-refractivity contribution is -0.117. The first-order valence-electron chi connectivity index (χ1n) is 4.44. The first kappa shape index (κ1) is 8.72. The van der Waals surface area contributed by atoms with Crippen LogP contribution in [0.4, 0.5) is 0 Å². The second-order valence-electron chi connectivity index (χ2n) is 3.57. The maximum atomic E-state index is 10.8. The highest BCUT2D eigenvalue weighted by molar-refractivity contribution is 5.59. The zero-order valence-electron chi connectivity index (χ0n) is 7.23. The number of carbonyl (C=O) groups is 1. The number of hydrogen-bond donors (Lipinski definition) is 1. The van der Waals surface area contributed by atoms with Crippen LogP contribution >= 0.6 is 0 Å². The molecule has 1 aliphatic carbocycles. The average Bonchev–Trinajstić information content (AvgIpc) is 2.07. The maximum absolute atomic E-state index is 10.8. The van der Waals surface area contributed by atoms with Gasteiger partial charge in [0, 0.05) is 12.0 Å². The van der Waals surface area contributed by atoms with Crippen LogP contribution in [0.2, 0.25) is 0 Å². The molecule has 0 radical (unpaired) electrons. The summed E-state index contributed by atoms with van der Waals surface area (Å²) in [6.45, 7) is 0.858. The second kappa shape index (κ2) is 3.86. The fourth-order valence-corrected chi connectivity index (χ4v) is 1.94. The van der Waals surface area contributed by atoms with Crippen molar-refractivity contribution in [1.29, 1.82) is 0 Å². The van der Waals surface area contributed by atoms with Gasteiger partial charge in [-0.15, -0.1) is 0 Å². The molecule has 0 heterocycles. The Morgan fingerprint density at radius 3 is 2.45 bits per heavy atom. The third kappa shape index (κ3) is 2.03. The van der Waals surface area contributed by atoms with Crippen LogP contribution in [-0.2, 0) is 4.79 Å². The highest BCUT2D eigenvalue weighted by atomic mass is 16.1. The van der Waals surface area contributed by atoms with E-state index in [1.165, 1.54) is 19.3 Å². The summed E-state index contributed by atoms with van der Waals surface area (Å²) < 4.78 is 0. The van der Waals surface area contributed by atoms with Gasteiger partial charge in [0.05, 0.1) is 0 Å². The van der Waals surface area contributed by atoms with Gasteiger partial charge in [-0.3, -0.25) is 0 Å². The van der Waals surface area contributed by atoms with Crippen molar-refractivity contribution < 1.29 is 4.79 Å². The number of rotatable bonds is 3. The Morgan fingerprint density at radius 2 is 2.00 bits per heavy atom. The molecule has 1 saturated carbocycles. The van der Waals surface area contributed by atoms with Crippen LogP contribution in [0.1, 0.15) is 32.1 Å².